The zero-order valence-electron chi connectivity index (χ0n) is 10.9. The maximum atomic E-state index is 12.4. The molecule has 0 aromatic heterocycles. The first-order chi connectivity index (χ1) is 9.77. The topological polar surface area (TPSA) is 46.5 Å². The molecule has 0 saturated heterocycles. The summed E-state index contributed by atoms with van der Waals surface area (Å²) >= 11 is 0. The van der Waals surface area contributed by atoms with Gasteiger partial charge in [0, 0.05) is 0 Å². The fourth-order valence-electron chi connectivity index (χ4n) is 1.74. The smallest absolute Gasteiger partial charge is 0.416 e. The minimum atomic E-state index is -4.42. The molecule has 0 aliphatic rings. The number of hydrogen-bond acceptors (Lipinski definition) is 2. The third-order valence-electron chi connectivity index (χ3n) is 2.77. The van der Waals surface area contributed by atoms with E-state index in [-0.39, 0.29) is 17.1 Å². The van der Waals surface area contributed by atoms with Crippen molar-refractivity contribution in [2.24, 2.45) is 0 Å². The second-order valence-corrected chi connectivity index (χ2v) is 4.43. The number of carboxylic acid groups (broad SMARTS) is 1. The van der Waals surface area contributed by atoms with Gasteiger partial charge in [0.25, 0.3) is 0 Å². The van der Waals surface area contributed by atoms with Gasteiger partial charge in [-0.15, -0.1) is 0 Å². The first kappa shape index (κ1) is 14.9. The van der Waals surface area contributed by atoms with Crippen molar-refractivity contribution in [1.29, 1.82) is 0 Å². The van der Waals surface area contributed by atoms with E-state index in [0.717, 1.165) is 29.8 Å². The SMILES string of the molecule is Cc1ccc(Oc2ccc(C(F)(F)F)cc2)c(C(=O)O)c1. The predicted octanol–water partition coefficient (Wildman–Crippen LogP) is 4.50. The molecule has 0 saturated carbocycles. The lowest BCUT2D eigenvalue weighted by Crippen LogP contribution is -2.04. The standard InChI is InChI=1S/C15H11F3O3/c1-9-2-7-13(12(8-9)14(19)20)21-11-5-3-10(4-6-11)15(16,17)18/h2-8H,1H3,(H,19,20). The van der Waals surface area contributed by atoms with E-state index in [1.807, 2.05) is 0 Å². The Bertz CT molecular complexity index is 661. The summed E-state index contributed by atoms with van der Waals surface area (Å²) in [6, 6.07) is 8.61. The lowest BCUT2D eigenvalue weighted by Gasteiger charge is -2.11. The van der Waals surface area contributed by atoms with E-state index in [0.29, 0.717) is 0 Å². The minimum absolute atomic E-state index is 0.0464. The molecule has 0 radical (unpaired) electrons. The monoisotopic (exact) mass is 296 g/mol. The van der Waals surface area contributed by atoms with E-state index in [9.17, 15) is 18.0 Å². The molecule has 0 amide bonds. The highest BCUT2D eigenvalue weighted by molar-refractivity contribution is 5.91. The summed E-state index contributed by atoms with van der Waals surface area (Å²) in [7, 11) is 0. The van der Waals surface area contributed by atoms with Crippen LogP contribution in [-0.4, -0.2) is 11.1 Å². The highest BCUT2D eigenvalue weighted by atomic mass is 19.4. The van der Waals surface area contributed by atoms with Crippen LogP contribution in [0.1, 0.15) is 21.5 Å². The molecule has 2 aromatic rings. The molecule has 0 unspecified atom stereocenters. The molecule has 2 aromatic carbocycles. The average Bonchev–Trinajstić information content (AvgIpc) is 2.40. The molecule has 0 heterocycles. The number of hydrogen-bond donors (Lipinski definition) is 1. The van der Waals surface area contributed by atoms with E-state index in [4.69, 9.17) is 9.84 Å². The first-order valence-electron chi connectivity index (χ1n) is 5.96. The molecule has 2 rings (SSSR count). The summed E-state index contributed by atoms with van der Waals surface area (Å²) in [5.41, 5.74) is -0.0979. The number of halogens is 3. The quantitative estimate of drug-likeness (QED) is 0.906. The van der Waals surface area contributed by atoms with Gasteiger partial charge in [0.1, 0.15) is 17.1 Å². The van der Waals surface area contributed by atoms with Gasteiger partial charge in [0.05, 0.1) is 5.56 Å². The van der Waals surface area contributed by atoms with Crippen LogP contribution in [-0.2, 0) is 6.18 Å². The van der Waals surface area contributed by atoms with Crippen LogP contribution in [0.15, 0.2) is 42.5 Å². The second kappa shape index (κ2) is 5.47. The van der Waals surface area contributed by atoms with E-state index < -0.39 is 17.7 Å². The van der Waals surface area contributed by atoms with Gasteiger partial charge in [-0.2, -0.15) is 13.2 Å². The van der Waals surface area contributed by atoms with E-state index in [1.54, 1.807) is 13.0 Å². The Morgan fingerprint density at radius 1 is 1.10 bits per heavy atom. The van der Waals surface area contributed by atoms with Crippen molar-refractivity contribution in [1.82, 2.24) is 0 Å². The third-order valence-corrected chi connectivity index (χ3v) is 2.77. The molecule has 0 aliphatic heterocycles. The first-order valence-corrected chi connectivity index (χ1v) is 5.96. The third kappa shape index (κ3) is 3.53. The summed E-state index contributed by atoms with van der Waals surface area (Å²) in [5, 5.41) is 9.09. The minimum Gasteiger partial charge on any atom is -0.478 e. The molecule has 6 heteroatoms. The van der Waals surface area contributed by atoms with E-state index in [2.05, 4.69) is 0 Å². The van der Waals surface area contributed by atoms with Crippen LogP contribution in [0.25, 0.3) is 0 Å². The molecular formula is C15H11F3O3. The zero-order chi connectivity index (χ0) is 15.6. The van der Waals surface area contributed by atoms with Crippen molar-refractivity contribution >= 4 is 5.97 Å². The van der Waals surface area contributed by atoms with Crippen molar-refractivity contribution in [3.05, 3.63) is 59.2 Å². The van der Waals surface area contributed by atoms with Crippen molar-refractivity contribution in [3.8, 4) is 11.5 Å². The van der Waals surface area contributed by atoms with Crippen molar-refractivity contribution < 1.29 is 27.8 Å². The summed E-state index contributed by atoms with van der Waals surface area (Å²) in [6.45, 7) is 1.73. The summed E-state index contributed by atoms with van der Waals surface area (Å²) in [6.07, 6.45) is -4.42. The number of alkyl halides is 3. The Hall–Kier alpha value is -2.50. The Kier molecular flexibility index (Phi) is 3.88. The van der Waals surface area contributed by atoms with Crippen LogP contribution >= 0.6 is 0 Å². The summed E-state index contributed by atoms with van der Waals surface area (Å²) < 4.78 is 42.7. The van der Waals surface area contributed by atoms with Gasteiger partial charge in [-0.25, -0.2) is 4.79 Å². The second-order valence-electron chi connectivity index (χ2n) is 4.43. The average molecular weight is 296 g/mol. The molecule has 0 bridgehead atoms. The molecule has 0 aliphatic carbocycles. The van der Waals surface area contributed by atoms with Gasteiger partial charge in [-0.3, -0.25) is 0 Å². The Balaban J connectivity index is 2.28. The van der Waals surface area contributed by atoms with Crippen LogP contribution in [0.3, 0.4) is 0 Å². The van der Waals surface area contributed by atoms with E-state index in [1.165, 1.54) is 12.1 Å². The Labute approximate surface area is 118 Å². The number of ether oxygens (including phenoxy) is 1. The van der Waals surface area contributed by atoms with E-state index >= 15 is 0 Å². The number of aromatic carboxylic acids is 1. The van der Waals surface area contributed by atoms with Gasteiger partial charge >= 0.3 is 12.1 Å². The molecular weight excluding hydrogens is 285 g/mol. The normalized spacial score (nSPS) is 11.2. The highest BCUT2D eigenvalue weighted by Crippen LogP contribution is 2.32. The molecule has 0 atom stereocenters. The largest absolute Gasteiger partial charge is 0.478 e. The van der Waals surface area contributed by atoms with Crippen molar-refractivity contribution in [2.45, 2.75) is 13.1 Å². The molecule has 0 spiro atoms. The lowest BCUT2D eigenvalue weighted by atomic mass is 10.1. The molecule has 110 valence electrons. The maximum Gasteiger partial charge on any atom is 0.416 e. The van der Waals surface area contributed by atoms with Crippen molar-refractivity contribution in [3.63, 3.8) is 0 Å². The van der Waals surface area contributed by atoms with Gasteiger partial charge in [0.2, 0.25) is 0 Å². The number of rotatable bonds is 3. The number of carbonyl (C=O) groups is 1. The summed E-state index contributed by atoms with van der Waals surface area (Å²) in [4.78, 5) is 11.1. The number of aryl methyl sites for hydroxylation is 1. The van der Waals surface area contributed by atoms with Crippen LogP contribution in [0, 0.1) is 6.92 Å². The lowest BCUT2D eigenvalue weighted by molar-refractivity contribution is -0.137. The van der Waals surface area contributed by atoms with Crippen molar-refractivity contribution in [2.75, 3.05) is 0 Å². The van der Waals surface area contributed by atoms with Crippen LogP contribution < -0.4 is 4.74 Å². The summed E-state index contributed by atoms with van der Waals surface area (Å²) in [5.74, 6) is -0.956. The number of carboxylic acids is 1. The van der Waals surface area contributed by atoms with Gasteiger partial charge in [-0.1, -0.05) is 11.6 Å². The fourth-order valence-corrected chi connectivity index (χ4v) is 1.74. The number of benzene rings is 2. The Morgan fingerprint density at radius 3 is 2.24 bits per heavy atom. The van der Waals surface area contributed by atoms with Crippen LogP contribution in [0.4, 0.5) is 13.2 Å². The molecule has 3 nitrogen and oxygen atoms in total. The predicted molar refractivity (Wildman–Crippen MR) is 69.7 cm³/mol. The fraction of sp³-hybridized carbons (Fsp3) is 0.133. The maximum absolute atomic E-state index is 12.4. The zero-order valence-corrected chi connectivity index (χ0v) is 10.9. The van der Waals surface area contributed by atoms with Crippen LogP contribution in [0.2, 0.25) is 0 Å². The molecule has 21 heavy (non-hydrogen) atoms. The van der Waals surface area contributed by atoms with Gasteiger partial charge in [-0.05, 0) is 43.3 Å². The molecule has 0 fully saturated rings. The highest BCUT2D eigenvalue weighted by Gasteiger charge is 2.30. The van der Waals surface area contributed by atoms with Gasteiger partial charge < -0.3 is 9.84 Å². The van der Waals surface area contributed by atoms with Gasteiger partial charge in [0.15, 0.2) is 0 Å². The Morgan fingerprint density at radius 2 is 1.71 bits per heavy atom. The van der Waals surface area contributed by atoms with Crippen LogP contribution in [0.5, 0.6) is 11.5 Å². The molecule has 1 N–H and O–H groups in total.